The van der Waals surface area contributed by atoms with Crippen molar-refractivity contribution in [3.8, 4) is 0 Å². The Bertz CT molecular complexity index is 352. The molecule has 0 saturated carbocycles. The smallest absolute Gasteiger partial charge is 0.260 e. The molecule has 3 N–H and O–H groups in total. The standard InChI is InChI=1S/3FHO3S.Hg.N/c3*1-5(2,3)4;;/h3*(H,2,3,4);;. The van der Waals surface area contributed by atoms with E-state index in [2.05, 4.69) is 0 Å². The molecule has 0 unspecified atom stereocenters. The van der Waals surface area contributed by atoms with Crippen molar-refractivity contribution in [1.82, 2.24) is 6.15 Å². The predicted molar refractivity (Wildman–Crippen MR) is 40.1 cm³/mol. The number of rotatable bonds is 0. The maximum Gasteiger partial charge on any atom is 0.435 e. The van der Waals surface area contributed by atoms with E-state index in [-0.39, 0.29) is 33.8 Å². The zero-order valence-corrected chi connectivity index (χ0v) is 15.3. The fourth-order valence-electron chi connectivity index (χ4n) is 0. The normalized spacial score (nSPS) is 10.2. The van der Waals surface area contributed by atoms with Gasteiger partial charge in [-0.05, 0) is 0 Å². The van der Waals surface area contributed by atoms with Gasteiger partial charge in [-0.1, -0.05) is 11.7 Å². The Morgan fingerprint density at radius 3 is 0.588 bits per heavy atom. The van der Waals surface area contributed by atoms with Gasteiger partial charge >= 0.3 is 31.5 Å². The molecule has 17 heavy (non-hydrogen) atoms. The minimum absolute atomic E-state index is 0. The molecule has 0 aromatic carbocycles. The first-order chi connectivity index (χ1) is 6.00. The molecule has 0 spiro atoms. The summed E-state index contributed by atoms with van der Waals surface area (Å²) in [4.78, 5) is 0. The van der Waals surface area contributed by atoms with Crippen LogP contribution in [0.1, 0.15) is 0 Å². The Morgan fingerprint density at radius 2 is 0.588 bits per heavy atom. The minimum Gasteiger partial charge on any atom is -0.260 e. The molecule has 0 aromatic rings. The van der Waals surface area contributed by atoms with Gasteiger partial charge in [0.1, 0.15) is 0 Å². The maximum atomic E-state index is 10.2. The molecule has 0 aliphatic carbocycles. The average molecular weight is 515 g/mol. The van der Waals surface area contributed by atoms with Gasteiger partial charge in [-0.15, -0.1) is 0 Å². The van der Waals surface area contributed by atoms with Crippen LogP contribution in [0.25, 0.3) is 0 Å². The molecule has 0 aromatic heterocycles. The van der Waals surface area contributed by atoms with Gasteiger partial charge in [0.05, 0.1) is 0 Å². The second-order valence-corrected chi connectivity index (χ2v) is 3.71. The summed E-state index contributed by atoms with van der Waals surface area (Å²) in [6, 6.07) is 0. The zero-order chi connectivity index (χ0) is 13.5. The molecule has 0 bridgehead atoms. The van der Waals surface area contributed by atoms with Crippen molar-refractivity contribution in [3.05, 3.63) is 0 Å². The van der Waals surface area contributed by atoms with Crippen molar-refractivity contribution in [2.75, 3.05) is 0 Å². The van der Waals surface area contributed by atoms with Gasteiger partial charge in [0, 0.05) is 33.8 Å². The third-order valence-electron chi connectivity index (χ3n) is 0. The first kappa shape index (κ1) is 30.4. The fraction of sp³-hybridized carbons (Fsp3) is 0. The molecule has 0 saturated heterocycles. The van der Waals surface area contributed by atoms with E-state index in [0.717, 1.165) is 0 Å². The van der Waals surface area contributed by atoms with Crippen molar-refractivity contribution in [2.24, 2.45) is 0 Å². The second kappa shape index (κ2) is 11.5. The minimum atomic E-state index is -5.17. The van der Waals surface area contributed by atoms with E-state index in [1.54, 1.807) is 0 Å². The van der Waals surface area contributed by atoms with Crippen LogP contribution in [0.5, 0.6) is 0 Å². The topological polar surface area (TPSA) is 194 Å². The maximum absolute atomic E-state index is 10.2. The first-order valence-electron chi connectivity index (χ1n) is 2.01. The van der Waals surface area contributed by atoms with Crippen LogP contribution in [-0.4, -0.2) is 38.9 Å². The third-order valence-corrected chi connectivity index (χ3v) is 0. The molecule has 103 valence electrons. The molecule has 3 radical (unpaired) electrons. The number of hydrogen-bond donors (Lipinski definition) is 3. The van der Waals surface area contributed by atoms with Crippen LogP contribution in [-0.2, 0) is 59.2 Å². The third kappa shape index (κ3) is 19800. The van der Waals surface area contributed by atoms with Gasteiger partial charge in [-0.25, -0.2) is 0 Å². The molecule has 0 rings (SSSR count). The molecule has 0 fully saturated rings. The van der Waals surface area contributed by atoms with E-state index in [9.17, 15) is 11.7 Å². The van der Waals surface area contributed by atoms with Gasteiger partial charge < -0.3 is 0 Å². The van der Waals surface area contributed by atoms with Crippen molar-refractivity contribution in [2.45, 2.75) is 0 Å². The van der Waals surface area contributed by atoms with Crippen molar-refractivity contribution in [1.29, 1.82) is 0 Å². The van der Waals surface area contributed by atoms with Gasteiger partial charge in [0.15, 0.2) is 0 Å². The van der Waals surface area contributed by atoms with Gasteiger partial charge in [0.2, 0.25) is 0 Å². The molecule has 17 heteroatoms. The van der Waals surface area contributed by atoms with E-state index in [4.69, 9.17) is 38.9 Å². The summed E-state index contributed by atoms with van der Waals surface area (Å²) in [5.74, 6) is 0. The molecular formula is H3F3HgNO9S3. The summed E-state index contributed by atoms with van der Waals surface area (Å²) in [6.07, 6.45) is 0. The van der Waals surface area contributed by atoms with Gasteiger partial charge in [-0.2, -0.15) is 25.3 Å². The summed E-state index contributed by atoms with van der Waals surface area (Å²) >= 11 is 0. The molecule has 0 aliphatic heterocycles. The van der Waals surface area contributed by atoms with Crippen LogP contribution < -0.4 is 6.15 Å². The van der Waals surface area contributed by atoms with Crippen molar-refractivity contribution >= 4 is 31.5 Å². The second-order valence-electron chi connectivity index (χ2n) is 1.24. The van der Waals surface area contributed by atoms with Crippen LogP contribution in [0.15, 0.2) is 0 Å². The zero-order valence-electron chi connectivity index (χ0n) is 7.30. The Labute approximate surface area is 115 Å². The number of halogens is 3. The van der Waals surface area contributed by atoms with Crippen LogP contribution in [0.3, 0.4) is 0 Å². The number of nitrogens with zero attached hydrogens (tertiary/aromatic N) is 1. The molecular weight excluding hydrogens is 512 g/mol. The largest absolute Gasteiger partial charge is 0.435 e. The van der Waals surface area contributed by atoms with E-state index in [0.29, 0.717) is 0 Å². The van der Waals surface area contributed by atoms with Crippen LogP contribution in [0, 0.1) is 0 Å². The van der Waals surface area contributed by atoms with Crippen molar-refractivity contribution in [3.63, 3.8) is 0 Å². The molecule has 0 atom stereocenters. The van der Waals surface area contributed by atoms with E-state index >= 15 is 0 Å². The van der Waals surface area contributed by atoms with Gasteiger partial charge in [0.25, 0.3) is 0 Å². The summed E-state index contributed by atoms with van der Waals surface area (Å²) in [6.45, 7) is 0. The van der Waals surface area contributed by atoms with Gasteiger partial charge in [-0.3, -0.25) is 13.7 Å². The SMILES string of the molecule is O=S(=O)(O)F.O=S(=O)(O)F.O=S(=O)(O)F.[Hg].[N]. The summed E-state index contributed by atoms with van der Waals surface area (Å²) < 4.78 is 102. The molecule has 0 aliphatic rings. The van der Waals surface area contributed by atoms with Crippen LogP contribution >= 0.6 is 0 Å². The Balaban J connectivity index is -0.0000000400. The van der Waals surface area contributed by atoms with E-state index in [1.807, 2.05) is 0 Å². The first-order valence-corrected chi connectivity index (χ1v) is 6.03. The summed E-state index contributed by atoms with van der Waals surface area (Å²) in [7, 11) is -15.5. The predicted octanol–water partition coefficient (Wildman–Crippen LogP) is -1.21. The van der Waals surface area contributed by atoms with Crippen molar-refractivity contribution < 1.29 is 78.2 Å². The monoisotopic (exact) mass is 516 g/mol. The Kier molecular flexibility index (Phi) is 20.6. The van der Waals surface area contributed by atoms with Crippen LogP contribution in [0.2, 0.25) is 0 Å². The molecule has 0 heterocycles. The van der Waals surface area contributed by atoms with E-state index in [1.165, 1.54) is 0 Å². The van der Waals surface area contributed by atoms with Crippen LogP contribution in [0.4, 0.5) is 11.7 Å². The Morgan fingerprint density at radius 1 is 0.588 bits per heavy atom. The average Bonchev–Trinajstić information content (AvgIpc) is 1.41. The van der Waals surface area contributed by atoms with E-state index < -0.39 is 31.5 Å². The summed E-state index contributed by atoms with van der Waals surface area (Å²) in [5.41, 5.74) is 0. The molecule has 0 amide bonds. The Hall–Kier alpha value is 0.415. The summed E-state index contributed by atoms with van der Waals surface area (Å²) in [5, 5.41) is 0. The fourth-order valence-corrected chi connectivity index (χ4v) is 0. The quantitative estimate of drug-likeness (QED) is 0.202. The number of hydrogen-bond acceptors (Lipinski definition) is 6. The molecule has 10 nitrogen and oxygen atoms in total.